The third-order valence-corrected chi connectivity index (χ3v) is 19.9. The summed E-state index contributed by atoms with van der Waals surface area (Å²) in [5.74, 6) is 0.593. The molecule has 4 aliphatic heterocycles. The lowest BCUT2D eigenvalue weighted by Crippen LogP contribution is -2.72. The van der Waals surface area contributed by atoms with Gasteiger partial charge < -0.3 is 84.2 Å². The van der Waals surface area contributed by atoms with E-state index in [4.69, 9.17) is 33.2 Å². The molecule has 65 heavy (non-hydrogen) atoms. The first-order valence-corrected chi connectivity index (χ1v) is 24.3. The smallest absolute Gasteiger partial charge is 0.187 e. The van der Waals surface area contributed by atoms with Crippen molar-refractivity contribution in [3.05, 3.63) is 12.2 Å². The molecule has 9 rings (SSSR count). The SMILES string of the molecule is C[C@@H]1O[C@@H](O[C@H]2[C@H](O)[C@@H](O)[C@H](O[C@H]3CC[C@]4(C)[C@H]5C=C[C@]67OC[C@@]8(CCC(C)(C)C[C@H]86)[C@@H](O)C[C@@]7(C)[C@]5(C)CC[C@H]4C3(C)C)O[C@@H]2COC2O[C@H](CO)[C@@H](O)[C@H](O)[C@H]2O)[C@H](O)[C@H](O)[C@H]1O. The van der Waals surface area contributed by atoms with Crippen LogP contribution in [0.5, 0.6) is 0 Å². The summed E-state index contributed by atoms with van der Waals surface area (Å²) in [6, 6.07) is 0. The van der Waals surface area contributed by atoms with Gasteiger partial charge in [0.15, 0.2) is 18.9 Å². The van der Waals surface area contributed by atoms with Crippen molar-refractivity contribution in [3.63, 3.8) is 0 Å². The van der Waals surface area contributed by atoms with Crippen LogP contribution in [0.3, 0.4) is 0 Å². The summed E-state index contributed by atoms with van der Waals surface area (Å²) in [5.41, 5.74) is -1.61. The zero-order valence-electron chi connectivity index (χ0n) is 39.3. The minimum Gasteiger partial charge on any atom is -0.394 e. The second kappa shape index (κ2) is 16.6. The van der Waals surface area contributed by atoms with Gasteiger partial charge in [0, 0.05) is 16.7 Å². The van der Waals surface area contributed by atoms with Crippen molar-refractivity contribution in [3.8, 4) is 0 Å². The van der Waals surface area contributed by atoms with E-state index in [1.165, 1.54) is 6.92 Å². The summed E-state index contributed by atoms with van der Waals surface area (Å²) in [7, 11) is 0. The van der Waals surface area contributed by atoms with Gasteiger partial charge in [0.1, 0.15) is 67.1 Å². The first kappa shape index (κ1) is 49.1. The maximum absolute atomic E-state index is 12.2. The van der Waals surface area contributed by atoms with Crippen molar-refractivity contribution >= 4 is 0 Å². The molecule has 0 aromatic carbocycles. The van der Waals surface area contributed by atoms with Crippen LogP contribution in [0.4, 0.5) is 0 Å². The molecule has 17 nitrogen and oxygen atoms in total. The van der Waals surface area contributed by atoms with Gasteiger partial charge in [0.2, 0.25) is 0 Å². The standard InChI is InChI=1S/C48H78O17/c1-22-30(51)32(53)36(57)40(61-22)65-38-24(20-59-39-35(56)33(54)31(52)23(19-49)62-39)63-41(37(58)34(38)55)64-29-11-12-44(6)25(43(29,4)5)9-13-45(7)26(44)10-14-48-27-17-42(2,3)15-16-47(27,21-60-48)28(50)18-46(45,48)8/h10,14,22-41,49-58H,9,11-13,15-21H2,1-8H3/t22-,23+,24+,25-,26+,27+,28-,29-,30-,31+,32+,33-,34+,35+,36+,37+,38+,39?,40-,41-,44-,45+,46-,47+,48-/m0/s1. The molecule has 4 heterocycles. The monoisotopic (exact) mass is 927 g/mol. The highest BCUT2D eigenvalue weighted by atomic mass is 16.8. The molecule has 8 fully saturated rings. The predicted molar refractivity (Wildman–Crippen MR) is 228 cm³/mol. The number of ether oxygens (including phenoxy) is 7. The Morgan fingerprint density at radius 2 is 1.28 bits per heavy atom. The normalized spacial score (nSPS) is 58.0. The molecule has 1 spiro atoms. The molecule has 0 aromatic heterocycles. The number of hydrogen-bond donors (Lipinski definition) is 10. The molecule has 0 radical (unpaired) electrons. The van der Waals surface area contributed by atoms with E-state index < -0.39 is 129 Å². The zero-order valence-corrected chi connectivity index (χ0v) is 39.3. The Balaban J connectivity index is 0.958. The van der Waals surface area contributed by atoms with Crippen molar-refractivity contribution in [2.24, 2.45) is 50.2 Å². The molecule has 4 saturated heterocycles. The maximum atomic E-state index is 12.2. The van der Waals surface area contributed by atoms with Gasteiger partial charge in [0.25, 0.3) is 0 Å². The number of rotatable bonds is 8. The van der Waals surface area contributed by atoms with E-state index >= 15 is 0 Å². The van der Waals surface area contributed by atoms with E-state index in [1.807, 2.05) is 0 Å². The molecule has 25 atom stereocenters. The molecule has 2 bridgehead atoms. The molecule has 9 aliphatic rings. The molecular weight excluding hydrogens is 849 g/mol. The molecule has 0 amide bonds. The van der Waals surface area contributed by atoms with Crippen molar-refractivity contribution in [1.82, 2.24) is 0 Å². The lowest BCUT2D eigenvalue weighted by molar-refractivity contribution is -0.374. The molecule has 5 aliphatic carbocycles. The minimum absolute atomic E-state index is 0.163. The van der Waals surface area contributed by atoms with Gasteiger partial charge in [-0.3, -0.25) is 0 Å². The zero-order chi connectivity index (χ0) is 47.2. The highest BCUT2D eigenvalue weighted by Crippen LogP contribution is 2.79. The van der Waals surface area contributed by atoms with E-state index in [1.54, 1.807) is 0 Å². The molecule has 4 saturated carbocycles. The van der Waals surface area contributed by atoms with Crippen LogP contribution in [0.15, 0.2) is 12.2 Å². The highest BCUT2D eigenvalue weighted by Gasteiger charge is 2.79. The summed E-state index contributed by atoms with van der Waals surface area (Å²) in [4.78, 5) is 0. The minimum atomic E-state index is -1.75. The number of hydrogen-bond acceptors (Lipinski definition) is 17. The summed E-state index contributed by atoms with van der Waals surface area (Å²) in [6.07, 6.45) is -12.0. The van der Waals surface area contributed by atoms with Crippen LogP contribution in [0, 0.1) is 50.2 Å². The van der Waals surface area contributed by atoms with Crippen molar-refractivity contribution in [2.45, 2.75) is 217 Å². The van der Waals surface area contributed by atoms with Gasteiger partial charge in [0.05, 0.1) is 43.7 Å². The molecule has 1 unspecified atom stereocenters. The number of allylic oxidation sites excluding steroid dienone is 1. The number of aliphatic hydroxyl groups is 10. The molecule has 372 valence electrons. The van der Waals surface area contributed by atoms with Gasteiger partial charge in [-0.05, 0) is 91.8 Å². The largest absolute Gasteiger partial charge is 0.394 e. The van der Waals surface area contributed by atoms with Gasteiger partial charge in [-0.15, -0.1) is 0 Å². The van der Waals surface area contributed by atoms with Crippen molar-refractivity contribution in [1.29, 1.82) is 0 Å². The van der Waals surface area contributed by atoms with Crippen LogP contribution < -0.4 is 0 Å². The second-order valence-electron chi connectivity index (χ2n) is 24.0. The van der Waals surface area contributed by atoms with Crippen molar-refractivity contribution in [2.75, 3.05) is 19.8 Å². The Kier molecular flexibility index (Phi) is 12.5. The van der Waals surface area contributed by atoms with Crippen LogP contribution in [0.25, 0.3) is 0 Å². The Morgan fingerprint density at radius 1 is 0.631 bits per heavy atom. The van der Waals surface area contributed by atoms with E-state index in [0.717, 1.165) is 38.5 Å². The van der Waals surface area contributed by atoms with E-state index in [2.05, 4.69) is 60.6 Å². The lowest BCUT2D eigenvalue weighted by atomic mass is 9.32. The predicted octanol–water partition coefficient (Wildman–Crippen LogP) is 0.629. The summed E-state index contributed by atoms with van der Waals surface area (Å²) >= 11 is 0. The summed E-state index contributed by atoms with van der Waals surface area (Å²) < 4.78 is 43.5. The summed E-state index contributed by atoms with van der Waals surface area (Å²) in [5, 5.41) is 109. The van der Waals surface area contributed by atoms with Gasteiger partial charge in [-0.25, -0.2) is 0 Å². The Hall–Kier alpha value is -0.940. The molecule has 10 N–H and O–H groups in total. The molecule has 17 heteroatoms. The third kappa shape index (κ3) is 7.09. The summed E-state index contributed by atoms with van der Waals surface area (Å²) in [6.45, 7) is 17.2. The fraction of sp³-hybridized carbons (Fsp3) is 0.958. The first-order valence-electron chi connectivity index (χ1n) is 24.3. The first-order chi connectivity index (χ1) is 30.3. The second-order valence-corrected chi connectivity index (χ2v) is 24.0. The third-order valence-electron chi connectivity index (χ3n) is 19.9. The van der Waals surface area contributed by atoms with Gasteiger partial charge >= 0.3 is 0 Å². The van der Waals surface area contributed by atoms with E-state index in [9.17, 15) is 51.1 Å². The topological polar surface area (TPSA) is 267 Å². The lowest BCUT2D eigenvalue weighted by Gasteiger charge is -2.73. The number of fused-ring (bicyclic) bond motifs is 4. The Labute approximate surface area is 382 Å². The van der Waals surface area contributed by atoms with Crippen molar-refractivity contribution < 1.29 is 84.2 Å². The van der Waals surface area contributed by atoms with Crippen LogP contribution >= 0.6 is 0 Å². The Morgan fingerprint density at radius 3 is 1.98 bits per heavy atom. The van der Waals surface area contributed by atoms with Gasteiger partial charge in [-0.1, -0.05) is 60.6 Å². The van der Waals surface area contributed by atoms with Crippen LogP contribution in [0.2, 0.25) is 0 Å². The Bertz CT molecular complexity index is 1780. The van der Waals surface area contributed by atoms with Gasteiger partial charge in [-0.2, -0.15) is 0 Å². The average molecular weight is 927 g/mol. The van der Waals surface area contributed by atoms with Crippen LogP contribution in [-0.4, -0.2) is 181 Å². The van der Waals surface area contributed by atoms with Crippen LogP contribution in [-0.2, 0) is 33.2 Å². The van der Waals surface area contributed by atoms with E-state index in [-0.39, 0.29) is 44.8 Å². The van der Waals surface area contributed by atoms with E-state index in [0.29, 0.717) is 19.4 Å². The fourth-order valence-electron chi connectivity index (χ4n) is 15.7. The van der Waals surface area contributed by atoms with Crippen LogP contribution in [0.1, 0.15) is 107 Å². The maximum Gasteiger partial charge on any atom is 0.187 e. The molecule has 0 aromatic rings. The number of aliphatic hydroxyl groups excluding tert-OH is 10. The quantitative estimate of drug-likeness (QED) is 0.118. The fourth-order valence-corrected chi connectivity index (χ4v) is 15.7. The molecular formula is C48H78O17. The average Bonchev–Trinajstić information content (AvgIpc) is 3.52. The highest BCUT2D eigenvalue weighted by molar-refractivity contribution is 5.36.